The Bertz CT molecular complexity index is 783. The third-order valence-electron chi connectivity index (χ3n) is 4.59. The molecule has 1 aliphatic rings. The van der Waals surface area contributed by atoms with Crippen LogP contribution in [0.1, 0.15) is 47.3 Å². The molecule has 1 fully saturated rings. The second-order valence-corrected chi connectivity index (χ2v) is 7.01. The molecule has 0 saturated carbocycles. The number of nitrogens with zero attached hydrogens (tertiary/aromatic N) is 5. The van der Waals surface area contributed by atoms with Gasteiger partial charge in [-0.25, -0.2) is 15.0 Å². The summed E-state index contributed by atoms with van der Waals surface area (Å²) < 4.78 is 0. The van der Waals surface area contributed by atoms with Gasteiger partial charge >= 0.3 is 0 Å². The van der Waals surface area contributed by atoms with Gasteiger partial charge in [-0.1, -0.05) is 13.8 Å². The maximum absolute atomic E-state index is 11.7. The molecule has 0 atom stereocenters. The molecule has 26 heavy (non-hydrogen) atoms. The molecule has 1 aliphatic heterocycles. The lowest BCUT2D eigenvalue weighted by Crippen LogP contribution is -2.47. The summed E-state index contributed by atoms with van der Waals surface area (Å²) in [5, 5.41) is 0. The van der Waals surface area contributed by atoms with Gasteiger partial charge in [0.1, 0.15) is 11.6 Å². The monoisotopic (exact) mass is 354 g/mol. The van der Waals surface area contributed by atoms with Crippen LogP contribution in [0.15, 0.2) is 24.4 Å². The minimum Gasteiger partial charge on any atom is -0.365 e. The van der Waals surface area contributed by atoms with E-state index in [2.05, 4.69) is 38.6 Å². The largest absolute Gasteiger partial charge is 0.365 e. The zero-order valence-corrected chi connectivity index (χ0v) is 15.6. The smallest absolute Gasteiger partial charge is 0.252 e. The van der Waals surface area contributed by atoms with Crippen molar-refractivity contribution in [2.45, 2.75) is 33.2 Å². The van der Waals surface area contributed by atoms with Gasteiger partial charge in [-0.05, 0) is 25.1 Å². The van der Waals surface area contributed by atoms with E-state index in [1.54, 1.807) is 6.07 Å². The maximum Gasteiger partial charge on any atom is 0.252 e. The highest BCUT2D eigenvalue weighted by atomic mass is 16.1. The lowest BCUT2D eigenvalue weighted by molar-refractivity contribution is 0.1000. The van der Waals surface area contributed by atoms with Crippen molar-refractivity contribution in [3.05, 3.63) is 47.2 Å². The third kappa shape index (κ3) is 4.16. The van der Waals surface area contributed by atoms with Crippen LogP contribution in [0, 0.1) is 6.92 Å². The average molecular weight is 354 g/mol. The Morgan fingerprint density at radius 1 is 1.15 bits per heavy atom. The molecule has 2 N–H and O–H groups in total. The van der Waals surface area contributed by atoms with Crippen molar-refractivity contribution in [1.29, 1.82) is 0 Å². The Kier molecular flexibility index (Phi) is 5.46. The fourth-order valence-corrected chi connectivity index (χ4v) is 3.10. The fraction of sp³-hybridized carbons (Fsp3) is 0.474. The first-order valence-corrected chi connectivity index (χ1v) is 9.00. The molecule has 0 aromatic carbocycles. The molecule has 3 heterocycles. The molecule has 1 saturated heterocycles. The number of aromatic nitrogens is 3. The van der Waals surface area contributed by atoms with Crippen LogP contribution in [0.3, 0.4) is 0 Å². The van der Waals surface area contributed by atoms with Crippen LogP contribution in [-0.2, 0) is 6.54 Å². The summed E-state index contributed by atoms with van der Waals surface area (Å²) in [6, 6.07) is 5.56. The molecule has 0 spiro atoms. The molecule has 138 valence electrons. The van der Waals surface area contributed by atoms with Gasteiger partial charge in [0.25, 0.3) is 5.91 Å². The Balaban J connectivity index is 1.66. The van der Waals surface area contributed by atoms with Gasteiger partial charge in [0, 0.05) is 50.5 Å². The maximum atomic E-state index is 11.7. The molecule has 2 aromatic rings. The van der Waals surface area contributed by atoms with E-state index in [0.717, 1.165) is 49.9 Å². The average Bonchev–Trinajstić information content (AvgIpc) is 2.62. The first kappa shape index (κ1) is 18.3. The normalized spacial score (nSPS) is 15.5. The molecule has 0 radical (unpaired) electrons. The molecule has 3 rings (SSSR count). The van der Waals surface area contributed by atoms with Gasteiger partial charge in [0.15, 0.2) is 0 Å². The number of hydrogen-bond donors (Lipinski definition) is 1. The van der Waals surface area contributed by atoms with Crippen LogP contribution in [0.5, 0.6) is 0 Å². The van der Waals surface area contributed by atoms with E-state index < -0.39 is 5.91 Å². The minimum absolute atomic E-state index is 0.325. The highest BCUT2D eigenvalue weighted by Crippen LogP contribution is 2.20. The SMILES string of the molecule is Cc1ccc(C(N)=O)c(N2CCN(Cc3ccnc(C(C)C)n3)CC2)n1. The number of amides is 1. The van der Waals surface area contributed by atoms with Crippen LogP contribution in [0.25, 0.3) is 0 Å². The Morgan fingerprint density at radius 3 is 2.54 bits per heavy atom. The van der Waals surface area contributed by atoms with Gasteiger partial charge in [-0.15, -0.1) is 0 Å². The number of piperazine rings is 1. The molecule has 0 unspecified atom stereocenters. The summed E-state index contributed by atoms with van der Waals surface area (Å²) in [6.45, 7) is 10.3. The molecule has 1 amide bonds. The number of carbonyl (C=O) groups is 1. The molecule has 7 heteroatoms. The van der Waals surface area contributed by atoms with Crippen LogP contribution in [0.4, 0.5) is 5.82 Å². The van der Waals surface area contributed by atoms with Crippen molar-refractivity contribution >= 4 is 11.7 Å². The zero-order valence-electron chi connectivity index (χ0n) is 15.6. The first-order chi connectivity index (χ1) is 12.4. The number of rotatable bonds is 5. The standard InChI is InChI=1S/C19H26N6O/c1-13(2)18-21-7-6-15(23-18)12-24-8-10-25(11-9-24)19-16(17(20)26)5-4-14(3)22-19/h4-7,13H,8-12H2,1-3H3,(H2,20,26). The minimum atomic E-state index is -0.433. The Labute approximate surface area is 154 Å². The lowest BCUT2D eigenvalue weighted by Gasteiger charge is -2.36. The highest BCUT2D eigenvalue weighted by Gasteiger charge is 2.22. The molecule has 2 aromatic heterocycles. The summed E-state index contributed by atoms with van der Waals surface area (Å²) in [7, 11) is 0. The van der Waals surface area contributed by atoms with E-state index in [9.17, 15) is 4.79 Å². The van der Waals surface area contributed by atoms with Gasteiger partial charge in [-0.2, -0.15) is 0 Å². The summed E-state index contributed by atoms with van der Waals surface area (Å²) in [4.78, 5) is 29.7. The molecule has 0 bridgehead atoms. The topological polar surface area (TPSA) is 88.2 Å². The third-order valence-corrected chi connectivity index (χ3v) is 4.59. The van der Waals surface area contributed by atoms with Crippen molar-refractivity contribution in [1.82, 2.24) is 19.9 Å². The van der Waals surface area contributed by atoms with Gasteiger partial charge < -0.3 is 10.6 Å². The second kappa shape index (κ2) is 7.78. The number of primary amides is 1. The van der Waals surface area contributed by atoms with Crippen molar-refractivity contribution in [2.75, 3.05) is 31.1 Å². The van der Waals surface area contributed by atoms with E-state index in [4.69, 9.17) is 5.73 Å². The quantitative estimate of drug-likeness (QED) is 0.880. The summed E-state index contributed by atoms with van der Waals surface area (Å²) >= 11 is 0. The van der Waals surface area contributed by atoms with E-state index in [1.165, 1.54) is 0 Å². The molecule has 0 aliphatic carbocycles. The Morgan fingerprint density at radius 2 is 1.88 bits per heavy atom. The number of nitrogens with two attached hydrogens (primary N) is 1. The van der Waals surface area contributed by atoms with Gasteiger partial charge in [-0.3, -0.25) is 9.69 Å². The Hall–Kier alpha value is -2.54. The van der Waals surface area contributed by atoms with E-state index in [0.29, 0.717) is 17.3 Å². The lowest BCUT2D eigenvalue weighted by atomic mass is 10.2. The predicted octanol–water partition coefficient (Wildman–Crippen LogP) is 1.72. The number of aryl methyl sites for hydroxylation is 1. The van der Waals surface area contributed by atoms with Crippen molar-refractivity contribution in [3.63, 3.8) is 0 Å². The summed E-state index contributed by atoms with van der Waals surface area (Å²) in [5.74, 6) is 1.47. The van der Waals surface area contributed by atoms with E-state index in [1.807, 2.05) is 25.3 Å². The first-order valence-electron chi connectivity index (χ1n) is 9.00. The van der Waals surface area contributed by atoms with E-state index >= 15 is 0 Å². The number of pyridine rings is 1. The molecular weight excluding hydrogens is 328 g/mol. The molecular formula is C19H26N6O. The summed E-state index contributed by atoms with van der Waals surface area (Å²) in [6.07, 6.45) is 1.84. The van der Waals surface area contributed by atoms with Crippen molar-refractivity contribution in [2.24, 2.45) is 5.73 Å². The number of hydrogen-bond acceptors (Lipinski definition) is 6. The fourth-order valence-electron chi connectivity index (χ4n) is 3.10. The predicted molar refractivity (Wildman–Crippen MR) is 101 cm³/mol. The number of anilines is 1. The highest BCUT2D eigenvalue weighted by molar-refractivity contribution is 5.97. The van der Waals surface area contributed by atoms with Crippen LogP contribution < -0.4 is 10.6 Å². The van der Waals surface area contributed by atoms with E-state index in [-0.39, 0.29) is 0 Å². The number of carbonyl (C=O) groups excluding carboxylic acids is 1. The van der Waals surface area contributed by atoms with Gasteiger partial charge in [0.05, 0.1) is 11.3 Å². The summed E-state index contributed by atoms with van der Waals surface area (Å²) in [5.41, 5.74) is 7.93. The molecule has 7 nitrogen and oxygen atoms in total. The van der Waals surface area contributed by atoms with Gasteiger partial charge in [0.2, 0.25) is 0 Å². The zero-order chi connectivity index (χ0) is 18.7. The van der Waals surface area contributed by atoms with Crippen LogP contribution in [-0.4, -0.2) is 51.9 Å². The van der Waals surface area contributed by atoms with Crippen LogP contribution >= 0.6 is 0 Å². The van der Waals surface area contributed by atoms with Crippen molar-refractivity contribution in [3.8, 4) is 0 Å². The second-order valence-electron chi connectivity index (χ2n) is 7.01. The van der Waals surface area contributed by atoms with Crippen molar-refractivity contribution < 1.29 is 4.79 Å². The van der Waals surface area contributed by atoms with Crippen LogP contribution in [0.2, 0.25) is 0 Å².